The van der Waals surface area contributed by atoms with Gasteiger partial charge in [-0.2, -0.15) is 0 Å². The maximum atomic E-state index is 12.4. The zero-order valence-electron chi connectivity index (χ0n) is 31.2. The van der Waals surface area contributed by atoms with Crippen LogP contribution in [0.4, 0.5) is 0 Å². The van der Waals surface area contributed by atoms with Crippen molar-refractivity contribution in [2.24, 2.45) is 0 Å². The average Bonchev–Trinajstić information content (AvgIpc) is 3.07. The zero-order chi connectivity index (χ0) is 34.5. The van der Waals surface area contributed by atoms with Crippen LogP contribution in [0.3, 0.4) is 0 Å². The largest absolute Gasteiger partial charge is 0.394 e. The molecule has 0 radical (unpaired) electrons. The molecule has 0 aliphatic carbocycles. The number of hydrogen-bond donors (Lipinski definition) is 4. The third-order valence-electron chi connectivity index (χ3n) is 9.22. The molecule has 1 amide bonds. The first kappa shape index (κ1) is 45.6. The SMILES string of the molecule is CCCCCCC/C=C/CCCC(O)C(O)C(CO)NC(=O)CCCCCCCCC/C=C\C/C=C\CCCCCCCCCCC. The Bertz CT molecular complexity index is 734. The monoisotopic (exact) mass is 662 g/mol. The lowest BCUT2D eigenvalue weighted by molar-refractivity contribution is -0.124. The number of amides is 1. The van der Waals surface area contributed by atoms with E-state index < -0.39 is 18.2 Å². The standard InChI is InChI=1S/C42H79NO4/c1-3-5-7-9-11-13-15-16-17-18-19-20-21-22-23-24-25-26-27-29-31-33-35-37-41(46)43-39(38-44)42(47)40(45)36-34-32-30-28-14-12-10-8-6-4-2/h19-20,22-23,28,30,39-40,42,44-45,47H,3-18,21,24-27,29,31-38H2,1-2H3,(H,43,46)/b20-19-,23-22-,30-28+. The van der Waals surface area contributed by atoms with E-state index in [2.05, 4.69) is 55.6 Å². The van der Waals surface area contributed by atoms with Crippen LogP contribution < -0.4 is 5.32 Å². The van der Waals surface area contributed by atoms with E-state index in [1.54, 1.807) is 0 Å². The number of carbonyl (C=O) groups is 1. The van der Waals surface area contributed by atoms with E-state index in [4.69, 9.17) is 0 Å². The molecule has 276 valence electrons. The molecule has 0 aromatic heterocycles. The van der Waals surface area contributed by atoms with Crippen molar-refractivity contribution in [1.29, 1.82) is 0 Å². The maximum Gasteiger partial charge on any atom is 0.220 e. The van der Waals surface area contributed by atoms with Gasteiger partial charge in [-0.25, -0.2) is 0 Å². The second-order valence-electron chi connectivity index (χ2n) is 13.8. The molecule has 5 heteroatoms. The minimum atomic E-state index is -1.16. The molecule has 47 heavy (non-hydrogen) atoms. The normalized spacial score (nSPS) is 14.1. The molecule has 0 saturated heterocycles. The van der Waals surface area contributed by atoms with Crippen molar-refractivity contribution >= 4 is 5.91 Å². The topological polar surface area (TPSA) is 89.8 Å². The van der Waals surface area contributed by atoms with Gasteiger partial charge in [0.1, 0.15) is 6.10 Å². The fourth-order valence-corrected chi connectivity index (χ4v) is 6.01. The Hall–Kier alpha value is -1.43. The minimum Gasteiger partial charge on any atom is -0.394 e. The Labute approximate surface area is 292 Å². The van der Waals surface area contributed by atoms with Crippen LogP contribution in [0.25, 0.3) is 0 Å². The number of aliphatic hydroxyl groups is 3. The number of nitrogens with one attached hydrogen (secondary N) is 1. The number of hydrogen-bond acceptors (Lipinski definition) is 4. The number of allylic oxidation sites excluding steroid dienone is 6. The molecule has 0 aliphatic heterocycles. The second kappa shape index (κ2) is 37.4. The molecule has 3 atom stereocenters. The van der Waals surface area contributed by atoms with Crippen molar-refractivity contribution in [3.63, 3.8) is 0 Å². The third-order valence-corrected chi connectivity index (χ3v) is 9.22. The Kier molecular flexibility index (Phi) is 36.3. The van der Waals surface area contributed by atoms with Crippen molar-refractivity contribution in [2.75, 3.05) is 6.61 Å². The van der Waals surface area contributed by atoms with E-state index in [-0.39, 0.29) is 12.5 Å². The van der Waals surface area contributed by atoms with E-state index in [0.717, 1.165) is 51.4 Å². The summed E-state index contributed by atoms with van der Waals surface area (Å²) in [6.07, 6.45) is 45.4. The van der Waals surface area contributed by atoms with Crippen molar-refractivity contribution in [1.82, 2.24) is 5.32 Å². The van der Waals surface area contributed by atoms with Crippen molar-refractivity contribution < 1.29 is 20.1 Å². The zero-order valence-corrected chi connectivity index (χ0v) is 31.2. The summed E-state index contributed by atoms with van der Waals surface area (Å²) in [5, 5.41) is 33.3. The predicted molar refractivity (Wildman–Crippen MR) is 204 cm³/mol. The number of aliphatic hydroxyl groups excluding tert-OH is 3. The Morgan fingerprint density at radius 2 is 0.915 bits per heavy atom. The van der Waals surface area contributed by atoms with E-state index >= 15 is 0 Å². The smallest absolute Gasteiger partial charge is 0.220 e. The van der Waals surface area contributed by atoms with Crippen molar-refractivity contribution in [3.05, 3.63) is 36.5 Å². The third kappa shape index (κ3) is 32.9. The van der Waals surface area contributed by atoms with Gasteiger partial charge in [0.25, 0.3) is 0 Å². The molecular weight excluding hydrogens is 582 g/mol. The van der Waals surface area contributed by atoms with Crippen LogP contribution in [0.15, 0.2) is 36.5 Å². The highest BCUT2D eigenvalue weighted by molar-refractivity contribution is 5.76. The molecule has 0 bridgehead atoms. The molecule has 0 spiro atoms. The quantitative estimate of drug-likeness (QED) is 0.0397. The molecule has 0 aromatic carbocycles. The highest BCUT2D eigenvalue weighted by atomic mass is 16.3. The summed E-state index contributed by atoms with van der Waals surface area (Å²) in [6.45, 7) is 4.12. The molecule has 0 aliphatic rings. The lowest BCUT2D eigenvalue weighted by atomic mass is 10.0. The van der Waals surface area contributed by atoms with Crippen LogP contribution in [0, 0.1) is 0 Å². The van der Waals surface area contributed by atoms with Gasteiger partial charge in [-0.1, -0.05) is 159 Å². The molecule has 4 N–H and O–H groups in total. The predicted octanol–water partition coefficient (Wildman–Crippen LogP) is 11.2. The Morgan fingerprint density at radius 3 is 1.36 bits per heavy atom. The van der Waals surface area contributed by atoms with E-state index in [1.807, 2.05) is 0 Å². The fourth-order valence-electron chi connectivity index (χ4n) is 6.01. The Morgan fingerprint density at radius 1 is 0.532 bits per heavy atom. The summed E-state index contributed by atoms with van der Waals surface area (Å²) in [5.41, 5.74) is 0. The summed E-state index contributed by atoms with van der Waals surface area (Å²) >= 11 is 0. The van der Waals surface area contributed by atoms with Crippen LogP contribution in [0.2, 0.25) is 0 Å². The lowest BCUT2D eigenvalue weighted by Gasteiger charge is -2.26. The van der Waals surface area contributed by atoms with Crippen LogP contribution in [0.1, 0.15) is 200 Å². The van der Waals surface area contributed by atoms with Crippen molar-refractivity contribution in [2.45, 2.75) is 218 Å². The summed E-state index contributed by atoms with van der Waals surface area (Å²) < 4.78 is 0. The summed E-state index contributed by atoms with van der Waals surface area (Å²) in [5.74, 6) is -0.165. The molecule has 5 nitrogen and oxygen atoms in total. The average molecular weight is 662 g/mol. The summed E-state index contributed by atoms with van der Waals surface area (Å²) in [6, 6.07) is -0.828. The highest BCUT2D eigenvalue weighted by Crippen LogP contribution is 2.14. The summed E-state index contributed by atoms with van der Waals surface area (Å²) in [7, 11) is 0. The number of unbranched alkanes of at least 4 members (excludes halogenated alkanes) is 22. The van der Waals surface area contributed by atoms with Gasteiger partial charge in [0.15, 0.2) is 0 Å². The maximum absolute atomic E-state index is 12.4. The molecule has 0 rings (SSSR count). The van der Waals surface area contributed by atoms with Gasteiger partial charge >= 0.3 is 0 Å². The van der Waals surface area contributed by atoms with Gasteiger partial charge in [0.2, 0.25) is 5.91 Å². The van der Waals surface area contributed by atoms with E-state index in [9.17, 15) is 20.1 Å². The van der Waals surface area contributed by atoms with Crippen LogP contribution in [0.5, 0.6) is 0 Å². The first-order chi connectivity index (χ1) is 23.1. The molecule has 0 fully saturated rings. The minimum absolute atomic E-state index is 0.165. The van der Waals surface area contributed by atoms with Gasteiger partial charge in [-0.05, 0) is 70.6 Å². The molecule has 0 heterocycles. The van der Waals surface area contributed by atoms with Gasteiger partial charge in [0.05, 0.1) is 18.8 Å². The first-order valence-electron chi connectivity index (χ1n) is 20.3. The van der Waals surface area contributed by atoms with Gasteiger partial charge in [-0.15, -0.1) is 0 Å². The highest BCUT2D eigenvalue weighted by Gasteiger charge is 2.26. The number of carbonyl (C=O) groups excluding carboxylic acids is 1. The van der Waals surface area contributed by atoms with Crippen LogP contribution in [-0.2, 0) is 4.79 Å². The molecule has 0 aromatic rings. The molecule has 3 unspecified atom stereocenters. The second-order valence-corrected chi connectivity index (χ2v) is 13.8. The summed E-state index contributed by atoms with van der Waals surface area (Å²) in [4.78, 5) is 12.4. The van der Waals surface area contributed by atoms with Gasteiger partial charge in [-0.3, -0.25) is 4.79 Å². The van der Waals surface area contributed by atoms with Gasteiger partial charge in [0, 0.05) is 6.42 Å². The van der Waals surface area contributed by atoms with Crippen LogP contribution >= 0.6 is 0 Å². The van der Waals surface area contributed by atoms with E-state index in [0.29, 0.717) is 12.8 Å². The Balaban J connectivity index is 3.66. The molecular formula is C42H79NO4. The molecule has 0 saturated carbocycles. The number of rotatable bonds is 36. The van der Waals surface area contributed by atoms with E-state index in [1.165, 1.54) is 122 Å². The fraction of sp³-hybridized carbons (Fsp3) is 0.833. The van der Waals surface area contributed by atoms with Crippen LogP contribution in [-0.4, -0.2) is 46.1 Å². The van der Waals surface area contributed by atoms with Crippen molar-refractivity contribution in [3.8, 4) is 0 Å². The first-order valence-corrected chi connectivity index (χ1v) is 20.3. The van der Waals surface area contributed by atoms with Gasteiger partial charge < -0.3 is 20.6 Å². The lowest BCUT2D eigenvalue weighted by Crippen LogP contribution is -2.50.